The van der Waals surface area contributed by atoms with E-state index in [1.807, 2.05) is 0 Å². The third-order valence-electron chi connectivity index (χ3n) is 2.58. The molecule has 1 heterocycles. The van der Waals surface area contributed by atoms with Crippen molar-refractivity contribution in [3.8, 4) is 0 Å². The lowest BCUT2D eigenvalue weighted by molar-refractivity contribution is 0.0542. The summed E-state index contributed by atoms with van der Waals surface area (Å²) in [6, 6.07) is 8.50. The van der Waals surface area contributed by atoms with Gasteiger partial charge < -0.3 is 10.1 Å². The second kappa shape index (κ2) is 6.11. The number of ether oxygens (including phenoxy) is 1. The maximum absolute atomic E-state index is 5.78. The van der Waals surface area contributed by atoms with Crippen molar-refractivity contribution >= 4 is 12.4 Å². The smallest absolute Gasteiger partial charge is 0.0721 e. The summed E-state index contributed by atoms with van der Waals surface area (Å²) in [6.07, 6.45) is 1.56. The number of hydrogen-bond acceptors (Lipinski definition) is 2. The molecule has 2 rings (SSSR count). The Hall–Kier alpha value is -0.570. The molecule has 84 valence electrons. The molecule has 0 aromatic heterocycles. The number of aryl methyl sites for hydroxylation is 1. The van der Waals surface area contributed by atoms with Gasteiger partial charge >= 0.3 is 0 Å². The minimum absolute atomic E-state index is 0. The summed E-state index contributed by atoms with van der Waals surface area (Å²) in [5, 5.41) is 3.29. The van der Waals surface area contributed by atoms with Crippen LogP contribution in [0.4, 0.5) is 0 Å². The van der Waals surface area contributed by atoms with E-state index in [9.17, 15) is 0 Å². The first-order chi connectivity index (χ1) is 6.84. The molecule has 0 radical (unpaired) electrons. The average Bonchev–Trinajstić information content (AvgIpc) is 2.67. The van der Waals surface area contributed by atoms with Gasteiger partial charge in [0.05, 0.1) is 12.7 Å². The second-order valence-corrected chi connectivity index (χ2v) is 3.91. The van der Waals surface area contributed by atoms with Crippen molar-refractivity contribution in [1.82, 2.24) is 5.32 Å². The van der Waals surface area contributed by atoms with Gasteiger partial charge in [-0.1, -0.05) is 29.8 Å². The van der Waals surface area contributed by atoms with Crippen LogP contribution in [-0.4, -0.2) is 19.2 Å². The van der Waals surface area contributed by atoms with Crippen molar-refractivity contribution in [2.45, 2.75) is 26.1 Å². The molecule has 2 nitrogen and oxygen atoms in total. The van der Waals surface area contributed by atoms with Crippen molar-refractivity contribution in [3.05, 3.63) is 35.4 Å². The highest BCUT2D eigenvalue weighted by Crippen LogP contribution is 2.09. The maximum atomic E-state index is 5.78. The van der Waals surface area contributed by atoms with E-state index in [-0.39, 0.29) is 12.4 Å². The molecule has 15 heavy (non-hydrogen) atoms. The lowest BCUT2D eigenvalue weighted by Gasteiger charge is -2.10. The molecule has 3 heteroatoms. The number of halogens is 1. The van der Waals surface area contributed by atoms with Crippen molar-refractivity contribution < 1.29 is 4.74 Å². The zero-order valence-corrected chi connectivity index (χ0v) is 9.85. The van der Waals surface area contributed by atoms with Gasteiger partial charge in [-0.25, -0.2) is 0 Å². The van der Waals surface area contributed by atoms with Crippen molar-refractivity contribution in [2.75, 3.05) is 13.1 Å². The van der Waals surface area contributed by atoms with E-state index in [4.69, 9.17) is 4.74 Å². The molecule has 0 aliphatic carbocycles. The highest BCUT2D eigenvalue weighted by atomic mass is 35.5. The average molecular weight is 228 g/mol. The molecule has 0 amide bonds. The predicted octanol–water partition coefficient (Wildman–Crippen LogP) is 2.30. The zero-order chi connectivity index (χ0) is 9.80. The molecule has 1 fully saturated rings. The Morgan fingerprint density at radius 2 is 2.33 bits per heavy atom. The maximum Gasteiger partial charge on any atom is 0.0721 e. The Morgan fingerprint density at radius 3 is 3.00 bits per heavy atom. The first-order valence-corrected chi connectivity index (χ1v) is 5.22. The molecule has 1 unspecified atom stereocenters. The fourth-order valence-electron chi connectivity index (χ4n) is 1.79. The molecule has 1 aliphatic rings. The van der Waals surface area contributed by atoms with Crippen LogP contribution >= 0.6 is 12.4 Å². The molecular weight excluding hydrogens is 210 g/mol. The summed E-state index contributed by atoms with van der Waals surface area (Å²) in [5.41, 5.74) is 2.58. The Bertz CT molecular complexity index is 297. The lowest BCUT2D eigenvalue weighted by Crippen LogP contribution is -2.16. The second-order valence-electron chi connectivity index (χ2n) is 3.91. The third-order valence-corrected chi connectivity index (χ3v) is 2.58. The van der Waals surface area contributed by atoms with Gasteiger partial charge in [-0.2, -0.15) is 0 Å². The number of nitrogens with one attached hydrogen (secondary N) is 1. The topological polar surface area (TPSA) is 21.3 Å². The highest BCUT2D eigenvalue weighted by Gasteiger charge is 2.14. The number of benzene rings is 1. The van der Waals surface area contributed by atoms with E-state index in [0.29, 0.717) is 6.10 Å². The van der Waals surface area contributed by atoms with Crippen LogP contribution in [-0.2, 0) is 11.3 Å². The van der Waals surface area contributed by atoms with Crippen molar-refractivity contribution in [1.29, 1.82) is 0 Å². The largest absolute Gasteiger partial charge is 0.372 e. The number of rotatable bonds is 3. The van der Waals surface area contributed by atoms with Gasteiger partial charge in [-0.15, -0.1) is 12.4 Å². The van der Waals surface area contributed by atoms with E-state index >= 15 is 0 Å². The molecule has 1 N–H and O–H groups in total. The fraction of sp³-hybridized carbons (Fsp3) is 0.500. The van der Waals surface area contributed by atoms with Crippen LogP contribution < -0.4 is 5.32 Å². The SMILES string of the molecule is Cc1cccc(COC2CCNC2)c1.Cl. The normalized spacial score (nSPS) is 19.9. The van der Waals surface area contributed by atoms with Crippen LogP contribution in [0.15, 0.2) is 24.3 Å². The van der Waals surface area contributed by atoms with E-state index in [1.165, 1.54) is 11.1 Å². The van der Waals surface area contributed by atoms with Gasteiger partial charge in [0.15, 0.2) is 0 Å². The monoisotopic (exact) mass is 227 g/mol. The van der Waals surface area contributed by atoms with Gasteiger partial charge in [0.2, 0.25) is 0 Å². The summed E-state index contributed by atoms with van der Waals surface area (Å²) in [6.45, 7) is 4.96. The summed E-state index contributed by atoms with van der Waals surface area (Å²) in [7, 11) is 0. The molecule has 1 aromatic rings. The standard InChI is InChI=1S/C12H17NO.ClH/c1-10-3-2-4-11(7-10)9-14-12-5-6-13-8-12;/h2-4,7,12-13H,5-6,8-9H2,1H3;1H. The first kappa shape index (κ1) is 12.5. The molecule has 1 aromatic carbocycles. The van der Waals surface area contributed by atoms with E-state index < -0.39 is 0 Å². The molecular formula is C12H18ClNO. The van der Waals surface area contributed by atoms with Crippen LogP contribution in [0.25, 0.3) is 0 Å². The van der Waals surface area contributed by atoms with Crippen LogP contribution in [0.5, 0.6) is 0 Å². The molecule has 0 spiro atoms. The van der Waals surface area contributed by atoms with Crippen molar-refractivity contribution in [2.24, 2.45) is 0 Å². The van der Waals surface area contributed by atoms with Gasteiger partial charge in [0.25, 0.3) is 0 Å². The zero-order valence-electron chi connectivity index (χ0n) is 9.03. The third kappa shape index (κ3) is 3.82. The summed E-state index contributed by atoms with van der Waals surface area (Å²) in [4.78, 5) is 0. The van der Waals surface area contributed by atoms with E-state index in [0.717, 1.165) is 26.1 Å². The Kier molecular flexibility index (Phi) is 5.09. The minimum atomic E-state index is 0. The van der Waals surface area contributed by atoms with Gasteiger partial charge in [-0.05, 0) is 25.5 Å². The van der Waals surface area contributed by atoms with Crippen LogP contribution in [0, 0.1) is 6.92 Å². The lowest BCUT2D eigenvalue weighted by atomic mass is 10.1. The molecule has 1 saturated heterocycles. The predicted molar refractivity (Wildman–Crippen MR) is 64.5 cm³/mol. The van der Waals surface area contributed by atoms with Crippen molar-refractivity contribution in [3.63, 3.8) is 0 Å². The molecule has 0 saturated carbocycles. The highest BCUT2D eigenvalue weighted by molar-refractivity contribution is 5.85. The first-order valence-electron chi connectivity index (χ1n) is 5.22. The summed E-state index contributed by atoms with van der Waals surface area (Å²) < 4.78 is 5.78. The van der Waals surface area contributed by atoms with E-state index in [2.05, 4.69) is 36.5 Å². The fourth-order valence-corrected chi connectivity index (χ4v) is 1.79. The molecule has 1 atom stereocenters. The Balaban J connectivity index is 0.00000112. The summed E-state index contributed by atoms with van der Waals surface area (Å²) in [5.74, 6) is 0. The molecule has 1 aliphatic heterocycles. The van der Waals surface area contributed by atoms with E-state index in [1.54, 1.807) is 0 Å². The Labute approximate surface area is 97.4 Å². The van der Waals surface area contributed by atoms with Crippen LogP contribution in [0.1, 0.15) is 17.5 Å². The number of hydrogen-bond donors (Lipinski definition) is 1. The van der Waals surface area contributed by atoms with Crippen LogP contribution in [0.3, 0.4) is 0 Å². The van der Waals surface area contributed by atoms with Gasteiger partial charge in [0, 0.05) is 6.54 Å². The van der Waals surface area contributed by atoms with Crippen LogP contribution in [0.2, 0.25) is 0 Å². The Morgan fingerprint density at radius 1 is 1.47 bits per heavy atom. The molecule has 0 bridgehead atoms. The minimum Gasteiger partial charge on any atom is -0.372 e. The van der Waals surface area contributed by atoms with Gasteiger partial charge in [-0.3, -0.25) is 0 Å². The summed E-state index contributed by atoms with van der Waals surface area (Å²) >= 11 is 0. The van der Waals surface area contributed by atoms with Gasteiger partial charge in [0.1, 0.15) is 0 Å². The quantitative estimate of drug-likeness (QED) is 0.856.